The Morgan fingerprint density at radius 3 is 3.00 bits per heavy atom. The van der Waals surface area contributed by atoms with Crippen molar-refractivity contribution in [1.82, 2.24) is 5.32 Å². The summed E-state index contributed by atoms with van der Waals surface area (Å²) < 4.78 is 0. The third kappa shape index (κ3) is 1.87. The van der Waals surface area contributed by atoms with E-state index in [-0.39, 0.29) is 0 Å². The van der Waals surface area contributed by atoms with Crippen LogP contribution in [-0.2, 0) is 0 Å². The fourth-order valence-corrected chi connectivity index (χ4v) is 2.10. The number of nitrogens with zero attached hydrogens (tertiary/aromatic N) is 1. The standard InChI is InChI=1S/C12H16N2O/c1-8(2)12-11(14-15)7-9-5-3-4-6-10(9)13-12/h3,5,7-8,10,13H,4,6H2,1-2H3. The van der Waals surface area contributed by atoms with E-state index in [1.165, 1.54) is 5.57 Å². The third-order valence-corrected chi connectivity index (χ3v) is 2.92. The Kier molecular flexibility index (Phi) is 2.71. The number of fused-ring (bicyclic) bond motifs is 1. The van der Waals surface area contributed by atoms with Gasteiger partial charge in [-0.1, -0.05) is 26.0 Å². The van der Waals surface area contributed by atoms with Crippen molar-refractivity contribution >= 4 is 0 Å². The van der Waals surface area contributed by atoms with E-state index in [1.807, 2.05) is 6.08 Å². The summed E-state index contributed by atoms with van der Waals surface area (Å²) in [6.07, 6.45) is 8.35. The molecule has 1 aliphatic heterocycles. The van der Waals surface area contributed by atoms with Crippen LogP contribution in [-0.4, -0.2) is 6.04 Å². The summed E-state index contributed by atoms with van der Waals surface area (Å²) in [6, 6.07) is 0.373. The molecular weight excluding hydrogens is 188 g/mol. The van der Waals surface area contributed by atoms with Crippen LogP contribution >= 0.6 is 0 Å². The van der Waals surface area contributed by atoms with E-state index in [2.05, 4.69) is 36.5 Å². The minimum Gasteiger partial charge on any atom is -0.379 e. The Morgan fingerprint density at radius 2 is 2.33 bits per heavy atom. The first kappa shape index (κ1) is 10.1. The molecule has 0 spiro atoms. The van der Waals surface area contributed by atoms with Crippen molar-refractivity contribution in [1.29, 1.82) is 0 Å². The van der Waals surface area contributed by atoms with Gasteiger partial charge in [0.1, 0.15) is 5.70 Å². The highest BCUT2D eigenvalue weighted by Crippen LogP contribution is 2.28. The van der Waals surface area contributed by atoms with Crippen LogP contribution in [0.1, 0.15) is 26.7 Å². The van der Waals surface area contributed by atoms with Gasteiger partial charge in [0.05, 0.1) is 6.04 Å². The first-order chi connectivity index (χ1) is 7.22. The summed E-state index contributed by atoms with van der Waals surface area (Å²) in [5.41, 5.74) is 2.72. The molecule has 0 amide bonds. The lowest BCUT2D eigenvalue weighted by atomic mass is 9.90. The number of hydrogen-bond donors (Lipinski definition) is 1. The lowest BCUT2D eigenvalue weighted by molar-refractivity contribution is 0.531. The summed E-state index contributed by atoms with van der Waals surface area (Å²) in [7, 11) is 0. The Balaban J connectivity index is 2.38. The average molecular weight is 204 g/mol. The fraction of sp³-hybridized carbons (Fsp3) is 0.500. The lowest BCUT2D eigenvalue weighted by Gasteiger charge is -2.30. The van der Waals surface area contributed by atoms with Crippen LogP contribution in [0.4, 0.5) is 0 Å². The molecular formula is C12H16N2O. The maximum Gasteiger partial charge on any atom is 0.127 e. The largest absolute Gasteiger partial charge is 0.379 e. The predicted octanol–water partition coefficient (Wildman–Crippen LogP) is 2.87. The van der Waals surface area contributed by atoms with Crippen molar-refractivity contribution in [3.05, 3.63) is 40.1 Å². The first-order valence-electron chi connectivity index (χ1n) is 5.44. The van der Waals surface area contributed by atoms with Crippen molar-refractivity contribution in [2.75, 3.05) is 0 Å². The van der Waals surface area contributed by atoms with Gasteiger partial charge in [0.2, 0.25) is 0 Å². The van der Waals surface area contributed by atoms with E-state index in [0.29, 0.717) is 17.7 Å². The molecule has 0 fully saturated rings. The van der Waals surface area contributed by atoms with Crippen molar-refractivity contribution < 1.29 is 0 Å². The van der Waals surface area contributed by atoms with E-state index in [1.54, 1.807) is 0 Å². The molecule has 1 unspecified atom stereocenters. The molecule has 0 aromatic rings. The van der Waals surface area contributed by atoms with Crippen LogP contribution in [0.15, 0.2) is 40.4 Å². The summed E-state index contributed by atoms with van der Waals surface area (Å²) in [4.78, 5) is 10.7. The monoisotopic (exact) mass is 204 g/mol. The second kappa shape index (κ2) is 4.01. The van der Waals surface area contributed by atoms with Crippen molar-refractivity contribution in [3.63, 3.8) is 0 Å². The number of rotatable bonds is 2. The van der Waals surface area contributed by atoms with Gasteiger partial charge in [0.25, 0.3) is 0 Å². The quantitative estimate of drug-likeness (QED) is 0.703. The molecule has 1 N–H and O–H groups in total. The second-order valence-electron chi connectivity index (χ2n) is 4.37. The highest BCUT2D eigenvalue weighted by Gasteiger charge is 2.24. The van der Waals surface area contributed by atoms with E-state index < -0.39 is 0 Å². The Morgan fingerprint density at radius 1 is 1.53 bits per heavy atom. The van der Waals surface area contributed by atoms with E-state index in [4.69, 9.17) is 0 Å². The van der Waals surface area contributed by atoms with Crippen LogP contribution < -0.4 is 5.32 Å². The van der Waals surface area contributed by atoms with Gasteiger partial charge in [-0.3, -0.25) is 0 Å². The highest BCUT2D eigenvalue weighted by molar-refractivity contribution is 5.42. The van der Waals surface area contributed by atoms with Gasteiger partial charge in [0, 0.05) is 5.70 Å². The molecule has 0 aromatic heterocycles. The topological polar surface area (TPSA) is 41.5 Å². The fourth-order valence-electron chi connectivity index (χ4n) is 2.10. The maximum absolute atomic E-state index is 10.7. The molecule has 0 aromatic carbocycles. The van der Waals surface area contributed by atoms with Crippen LogP contribution in [0, 0.1) is 10.8 Å². The molecule has 3 nitrogen and oxygen atoms in total. The SMILES string of the molecule is CC(C)C1=C(N=O)C=C2C=CCCC2N1. The maximum atomic E-state index is 10.7. The van der Waals surface area contributed by atoms with E-state index >= 15 is 0 Å². The predicted molar refractivity (Wildman–Crippen MR) is 61.0 cm³/mol. The zero-order valence-electron chi connectivity index (χ0n) is 9.16. The molecule has 1 aliphatic carbocycles. The van der Waals surface area contributed by atoms with Gasteiger partial charge >= 0.3 is 0 Å². The Hall–Kier alpha value is -1.38. The van der Waals surface area contributed by atoms with Gasteiger partial charge < -0.3 is 5.32 Å². The minimum atomic E-state index is 0.321. The Bertz CT molecular complexity index is 364. The van der Waals surface area contributed by atoms with Gasteiger partial charge in [-0.2, -0.15) is 0 Å². The van der Waals surface area contributed by atoms with E-state index in [0.717, 1.165) is 18.5 Å². The second-order valence-corrected chi connectivity index (χ2v) is 4.37. The molecule has 1 atom stereocenters. The third-order valence-electron chi connectivity index (χ3n) is 2.92. The zero-order valence-corrected chi connectivity index (χ0v) is 9.16. The number of nitrogens with one attached hydrogen (secondary N) is 1. The molecule has 1 heterocycles. The molecule has 3 heteroatoms. The normalized spacial score (nSPS) is 24.7. The average Bonchev–Trinajstić information content (AvgIpc) is 2.27. The van der Waals surface area contributed by atoms with Gasteiger partial charge in [0.15, 0.2) is 0 Å². The molecule has 15 heavy (non-hydrogen) atoms. The first-order valence-corrected chi connectivity index (χ1v) is 5.44. The minimum absolute atomic E-state index is 0.321. The molecule has 0 radical (unpaired) electrons. The lowest BCUT2D eigenvalue weighted by Crippen LogP contribution is -2.36. The zero-order chi connectivity index (χ0) is 10.8. The van der Waals surface area contributed by atoms with Crippen LogP contribution in [0.25, 0.3) is 0 Å². The molecule has 2 aliphatic rings. The smallest absolute Gasteiger partial charge is 0.127 e. The van der Waals surface area contributed by atoms with E-state index in [9.17, 15) is 4.91 Å². The number of allylic oxidation sites excluding steroid dienone is 3. The van der Waals surface area contributed by atoms with Gasteiger partial charge in [-0.15, -0.1) is 4.91 Å². The summed E-state index contributed by atoms with van der Waals surface area (Å²) in [6.45, 7) is 4.15. The highest BCUT2D eigenvalue weighted by atomic mass is 16.3. The summed E-state index contributed by atoms with van der Waals surface area (Å²) in [5.74, 6) is 0.321. The molecule has 0 saturated carbocycles. The van der Waals surface area contributed by atoms with Gasteiger partial charge in [-0.05, 0) is 35.6 Å². The van der Waals surface area contributed by atoms with Crippen LogP contribution in [0.3, 0.4) is 0 Å². The number of dihydropyridines is 1. The molecule has 0 saturated heterocycles. The molecule has 0 bridgehead atoms. The van der Waals surface area contributed by atoms with Crippen LogP contribution in [0.5, 0.6) is 0 Å². The molecule has 2 rings (SSSR count). The van der Waals surface area contributed by atoms with Crippen molar-refractivity contribution in [2.45, 2.75) is 32.7 Å². The summed E-state index contributed by atoms with van der Waals surface area (Å²) >= 11 is 0. The van der Waals surface area contributed by atoms with Gasteiger partial charge in [-0.25, -0.2) is 0 Å². The summed E-state index contributed by atoms with van der Waals surface area (Å²) in [5, 5.41) is 6.52. The molecule has 80 valence electrons. The van der Waals surface area contributed by atoms with Crippen LogP contribution in [0.2, 0.25) is 0 Å². The Labute approximate surface area is 89.9 Å². The van der Waals surface area contributed by atoms with Crippen molar-refractivity contribution in [3.8, 4) is 0 Å². The number of nitroso groups, excluding NO2 is 1. The number of hydrogen-bond acceptors (Lipinski definition) is 3. The van der Waals surface area contributed by atoms with Crippen molar-refractivity contribution in [2.24, 2.45) is 11.1 Å².